The van der Waals surface area contributed by atoms with Gasteiger partial charge in [-0.3, -0.25) is 4.79 Å². The lowest BCUT2D eigenvalue weighted by molar-refractivity contribution is -0.140. The first kappa shape index (κ1) is 21.7. The van der Waals surface area contributed by atoms with Gasteiger partial charge in [-0.2, -0.15) is 17.5 Å². The SMILES string of the molecule is CCN(CC(F)(F)F)C(=O)c1cc(S(=O)(=O)N(CC)CC)ccc1Cl. The van der Waals surface area contributed by atoms with Crippen molar-refractivity contribution < 1.29 is 26.4 Å². The lowest BCUT2D eigenvalue weighted by Crippen LogP contribution is -2.39. The molecule has 0 saturated heterocycles. The molecule has 0 aliphatic rings. The number of amides is 1. The van der Waals surface area contributed by atoms with Gasteiger partial charge in [0.2, 0.25) is 10.0 Å². The van der Waals surface area contributed by atoms with Gasteiger partial charge in [0.1, 0.15) is 6.54 Å². The standard InChI is InChI=1S/C15H20ClF3N2O3S/c1-4-20(10-15(17,18)19)14(22)12-9-11(7-8-13(12)16)25(23,24)21(5-2)6-3/h7-9H,4-6,10H2,1-3H3. The van der Waals surface area contributed by atoms with Crippen molar-refractivity contribution in [2.45, 2.75) is 31.8 Å². The van der Waals surface area contributed by atoms with E-state index in [1.54, 1.807) is 13.8 Å². The van der Waals surface area contributed by atoms with Gasteiger partial charge in [0.25, 0.3) is 5.91 Å². The molecule has 0 aliphatic carbocycles. The predicted molar refractivity (Wildman–Crippen MR) is 89.2 cm³/mol. The molecule has 0 spiro atoms. The van der Waals surface area contributed by atoms with E-state index in [4.69, 9.17) is 11.6 Å². The third-order valence-corrected chi connectivity index (χ3v) is 5.93. The summed E-state index contributed by atoms with van der Waals surface area (Å²) < 4.78 is 64.0. The van der Waals surface area contributed by atoms with Crippen LogP contribution in [0.1, 0.15) is 31.1 Å². The summed E-state index contributed by atoms with van der Waals surface area (Å²) in [4.78, 5) is 12.8. The minimum atomic E-state index is -4.57. The van der Waals surface area contributed by atoms with Crippen molar-refractivity contribution in [1.29, 1.82) is 0 Å². The van der Waals surface area contributed by atoms with Crippen LogP contribution in [0.15, 0.2) is 23.1 Å². The highest BCUT2D eigenvalue weighted by Gasteiger charge is 2.33. The average Bonchev–Trinajstić information content (AvgIpc) is 2.52. The monoisotopic (exact) mass is 400 g/mol. The van der Waals surface area contributed by atoms with Crippen LogP contribution >= 0.6 is 11.6 Å². The second-order valence-corrected chi connectivity index (χ2v) is 7.51. The summed E-state index contributed by atoms with van der Waals surface area (Å²) in [5.41, 5.74) is -0.277. The van der Waals surface area contributed by atoms with Crippen molar-refractivity contribution in [2.75, 3.05) is 26.2 Å². The van der Waals surface area contributed by atoms with Gasteiger partial charge in [-0.15, -0.1) is 0 Å². The highest BCUT2D eigenvalue weighted by Crippen LogP contribution is 2.25. The van der Waals surface area contributed by atoms with E-state index in [0.29, 0.717) is 4.90 Å². The summed E-state index contributed by atoms with van der Waals surface area (Å²) >= 11 is 5.92. The zero-order chi connectivity index (χ0) is 19.4. The molecule has 1 aromatic rings. The van der Waals surface area contributed by atoms with Crippen LogP contribution < -0.4 is 0 Å². The van der Waals surface area contributed by atoms with E-state index in [-0.39, 0.29) is 35.1 Å². The predicted octanol–water partition coefficient (Wildman–Crippen LogP) is 3.39. The number of halogens is 4. The summed E-state index contributed by atoms with van der Waals surface area (Å²) in [7, 11) is -3.86. The highest BCUT2D eigenvalue weighted by molar-refractivity contribution is 7.89. The van der Waals surface area contributed by atoms with Crippen molar-refractivity contribution in [3.05, 3.63) is 28.8 Å². The Kier molecular flexibility index (Phi) is 7.28. The number of hydrogen-bond acceptors (Lipinski definition) is 3. The van der Waals surface area contributed by atoms with E-state index in [0.717, 1.165) is 6.07 Å². The van der Waals surface area contributed by atoms with E-state index in [2.05, 4.69) is 0 Å². The van der Waals surface area contributed by atoms with Gasteiger partial charge in [0, 0.05) is 19.6 Å². The summed E-state index contributed by atoms with van der Waals surface area (Å²) in [6.45, 7) is 3.53. The molecule has 0 atom stereocenters. The zero-order valence-electron chi connectivity index (χ0n) is 14.1. The maximum absolute atomic E-state index is 12.6. The third-order valence-electron chi connectivity index (χ3n) is 3.55. The minimum absolute atomic E-state index is 0.107. The van der Waals surface area contributed by atoms with Gasteiger partial charge >= 0.3 is 6.18 Å². The van der Waals surface area contributed by atoms with Gasteiger partial charge in [-0.25, -0.2) is 8.42 Å². The van der Waals surface area contributed by atoms with Crippen LogP contribution in [0.4, 0.5) is 13.2 Å². The van der Waals surface area contributed by atoms with E-state index in [1.165, 1.54) is 23.4 Å². The first-order valence-corrected chi connectivity index (χ1v) is 9.45. The van der Waals surface area contributed by atoms with Crippen LogP contribution in [0.25, 0.3) is 0 Å². The highest BCUT2D eigenvalue weighted by atomic mass is 35.5. The number of alkyl halides is 3. The van der Waals surface area contributed by atoms with Crippen LogP contribution in [0.5, 0.6) is 0 Å². The van der Waals surface area contributed by atoms with Gasteiger partial charge in [0.05, 0.1) is 15.5 Å². The molecule has 0 heterocycles. The Balaban J connectivity index is 3.32. The van der Waals surface area contributed by atoms with Gasteiger partial charge in [0.15, 0.2) is 0 Å². The second kappa shape index (κ2) is 8.37. The Morgan fingerprint density at radius 2 is 1.68 bits per heavy atom. The van der Waals surface area contributed by atoms with Crippen LogP contribution in [0, 0.1) is 0 Å². The first-order valence-electron chi connectivity index (χ1n) is 7.63. The molecule has 0 fully saturated rings. The van der Waals surface area contributed by atoms with Crippen LogP contribution in [0.3, 0.4) is 0 Å². The molecule has 0 bridgehead atoms. The van der Waals surface area contributed by atoms with Crippen molar-refractivity contribution in [3.8, 4) is 0 Å². The molecule has 0 radical (unpaired) electrons. The molecule has 142 valence electrons. The molecule has 1 aromatic carbocycles. The fourth-order valence-corrected chi connectivity index (χ4v) is 3.94. The lowest BCUT2D eigenvalue weighted by atomic mass is 10.2. The molecule has 0 saturated carbocycles. The largest absolute Gasteiger partial charge is 0.406 e. The van der Waals surface area contributed by atoms with Crippen molar-refractivity contribution >= 4 is 27.5 Å². The fraction of sp³-hybridized carbons (Fsp3) is 0.533. The molecular weight excluding hydrogens is 381 g/mol. The Labute approximate surface area is 150 Å². The molecule has 0 aromatic heterocycles. The maximum atomic E-state index is 12.6. The zero-order valence-corrected chi connectivity index (χ0v) is 15.7. The number of benzene rings is 1. The van der Waals surface area contributed by atoms with Crippen molar-refractivity contribution in [3.63, 3.8) is 0 Å². The topological polar surface area (TPSA) is 57.7 Å². The number of nitrogens with zero attached hydrogens (tertiary/aromatic N) is 2. The molecule has 0 N–H and O–H groups in total. The summed E-state index contributed by atoms with van der Waals surface area (Å²) in [6.07, 6.45) is -4.57. The van der Waals surface area contributed by atoms with Crippen molar-refractivity contribution in [1.82, 2.24) is 9.21 Å². The third kappa shape index (κ3) is 5.32. The van der Waals surface area contributed by atoms with E-state index >= 15 is 0 Å². The number of carbonyl (C=O) groups is 1. The smallest absolute Gasteiger partial charge is 0.330 e. The number of hydrogen-bond donors (Lipinski definition) is 0. The Hall–Kier alpha value is -1.32. The van der Waals surface area contributed by atoms with E-state index in [9.17, 15) is 26.4 Å². The Bertz CT molecular complexity index is 719. The molecule has 1 rings (SSSR count). The first-order chi connectivity index (χ1) is 11.5. The van der Waals surface area contributed by atoms with Gasteiger partial charge in [-0.1, -0.05) is 25.4 Å². The molecule has 0 aliphatic heterocycles. The van der Waals surface area contributed by atoms with Crippen LogP contribution in [0.2, 0.25) is 5.02 Å². The fourth-order valence-electron chi connectivity index (χ4n) is 2.26. The minimum Gasteiger partial charge on any atom is -0.330 e. The van der Waals surface area contributed by atoms with Gasteiger partial charge in [-0.05, 0) is 25.1 Å². The van der Waals surface area contributed by atoms with E-state index < -0.39 is 28.7 Å². The molecule has 25 heavy (non-hydrogen) atoms. The van der Waals surface area contributed by atoms with E-state index in [1.807, 2.05) is 0 Å². The quantitative estimate of drug-likeness (QED) is 0.705. The second-order valence-electron chi connectivity index (χ2n) is 5.17. The molecule has 10 heteroatoms. The number of sulfonamides is 1. The Morgan fingerprint density at radius 3 is 2.12 bits per heavy atom. The maximum Gasteiger partial charge on any atom is 0.406 e. The summed E-state index contributed by atoms with van der Waals surface area (Å²) in [5, 5.41) is -0.107. The summed E-state index contributed by atoms with van der Waals surface area (Å²) in [5.74, 6) is -0.971. The summed E-state index contributed by atoms with van der Waals surface area (Å²) in [6, 6.07) is 3.46. The van der Waals surface area contributed by atoms with Crippen LogP contribution in [-0.4, -0.2) is 55.9 Å². The molecule has 5 nitrogen and oxygen atoms in total. The molecule has 0 unspecified atom stereocenters. The molecule has 1 amide bonds. The normalized spacial score (nSPS) is 12.5. The molecular formula is C15H20ClF3N2O3S. The number of carbonyl (C=O) groups excluding carboxylic acids is 1. The van der Waals surface area contributed by atoms with Gasteiger partial charge < -0.3 is 4.90 Å². The average molecular weight is 401 g/mol. The van der Waals surface area contributed by atoms with Crippen molar-refractivity contribution in [2.24, 2.45) is 0 Å². The van der Waals surface area contributed by atoms with Crippen LogP contribution in [-0.2, 0) is 10.0 Å². The Morgan fingerprint density at radius 1 is 1.12 bits per heavy atom. The number of rotatable bonds is 7. The lowest BCUT2D eigenvalue weighted by Gasteiger charge is -2.23.